The van der Waals surface area contributed by atoms with Crippen LogP contribution in [0.1, 0.15) is 11.6 Å². The van der Waals surface area contributed by atoms with Gasteiger partial charge in [-0.05, 0) is 17.7 Å². The van der Waals surface area contributed by atoms with Crippen molar-refractivity contribution in [2.24, 2.45) is 11.5 Å². The molecule has 1 atom stereocenters. The van der Waals surface area contributed by atoms with Crippen LogP contribution in [-0.2, 0) is 4.79 Å². The molecule has 0 spiro atoms. The van der Waals surface area contributed by atoms with E-state index in [9.17, 15) is 9.59 Å². The Kier molecular flexibility index (Phi) is 3.47. The van der Waals surface area contributed by atoms with E-state index in [0.29, 0.717) is 11.3 Å². The minimum Gasteiger partial charge on any atom is -0.480 e. The first-order valence-corrected chi connectivity index (χ1v) is 4.55. The van der Waals surface area contributed by atoms with E-state index in [0.717, 1.165) is 0 Å². The molecule has 1 rings (SSSR count). The molecule has 0 saturated carbocycles. The predicted molar refractivity (Wildman–Crippen MR) is 59.0 cm³/mol. The van der Waals surface area contributed by atoms with Crippen LogP contribution in [0.4, 0.5) is 10.5 Å². The van der Waals surface area contributed by atoms with E-state index in [4.69, 9.17) is 16.6 Å². The molecule has 6 nitrogen and oxygen atoms in total. The molecule has 6 heteroatoms. The molecule has 0 aliphatic rings. The first-order valence-electron chi connectivity index (χ1n) is 4.55. The predicted octanol–water partition coefficient (Wildman–Crippen LogP) is 0.286. The summed E-state index contributed by atoms with van der Waals surface area (Å²) in [5.41, 5.74) is 11.5. The van der Waals surface area contributed by atoms with Crippen LogP contribution in [-0.4, -0.2) is 24.2 Å². The molecule has 0 radical (unpaired) electrons. The minimum atomic E-state index is -1.10. The average Bonchev–Trinajstić information content (AvgIpc) is 2.27. The lowest BCUT2D eigenvalue weighted by Crippen LogP contribution is -2.31. The standard InChI is InChI=1S/C10H13N3O3/c1-13(10(12)16)7-4-2-6(3-5-7)8(11)9(14)15/h2-5,8H,11H2,1H3,(H2,12,16)(H,14,15). The number of carbonyl (C=O) groups excluding carboxylic acids is 1. The van der Waals surface area contributed by atoms with E-state index in [1.807, 2.05) is 0 Å². The third kappa shape index (κ3) is 2.48. The van der Waals surface area contributed by atoms with Crippen molar-refractivity contribution < 1.29 is 14.7 Å². The van der Waals surface area contributed by atoms with Gasteiger partial charge >= 0.3 is 12.0 Å². The number of primary amides is 1. The van der Waals surface area contributed by atoms with Crippen molar-refractivity contribution >= 4 is 17.7 Å². The van der Waals surface area contributed by atoms with Crippen LogP contribution < -0.4 is 16.4 Å². The van der Waals surface area contributed by atoms with E-state index in [1.54, 1.807) is 24.3 Å². The van der Waals surface area contributed by atoms with Crippen molar-refractivity contribution in [1.82, 2.24) is 0 Å². The van der Waals surface area contributed by atoms with Crippen LogP contribution >= 0.6 is 0 Å². The normalized spacial score (nSPS) is 11.9. The summed E-state index contributed by atoms with van der Waals surface area (Å²) in [4.78, 5) is 22.7. The van der Waals surface area contributed by atoms with Crippen LogP contribution in [0.25, 0.3) is 0 Å². The largest absolute Gasteiger partial charge is 0.480 e. The summed E-state index contributed by atoms with van der Waals surface area (Å²) >= 11 is 0. The first kappa shape index (κ1) is 12.0. The number of aliphatic carboxylic acids is 1. The zero-order valence-corrected chi connectivity index (χ0v) is 8.75. The zero-order chi connectivity index (χ0) is 12.3. The summed E-state index contributed by atoms with van der Waals surface area (Å²) < 4.78 is 0. The quantitative estimate of drug-likeness (QED) is 0.683. The fourth-order valence-electron chi connectivity index (χ4n) is 1.18. The number of carboxylic acid groups (broad SMARTS) is 1. The van der Waals surface area contributed by atoms with Crippen molar-refractivity contribution in [2.45, 2.75) is 6.04 Å². The van der Waals surface area contributed by atoms with Gasteiger partial charge in [-0.2, -0.15) is 0 Å². The van der Waals surface area contributed by atoms with Gasteiger partial charge in [-0.1, -0.05) is 12.1 Å². The van der Waals surface area contributed by atoms with E-state index in [2.05, 4.69) is 0 Å². The van der Waals surface area contributed by atoms with Crippen molar-refractivity contribution in [2.75, 3.05) is 11.9 Å². The molecular formula is C10H13N3O3. The molecule has 1 unspecified atom stereocenters. The highest BCUT2D eigenvalue weighted by Gasteiger charge is 2.14. The van der Waals surface area contributed by atoms with Crippen LogP contribution in [0.3, 0.4) is 0 Å². The molecule has 5 N–H and O–H groups in total. The Morgan fingerprint density at radius 2 is 1.81 bits per heavy atom. The SMILES string of the molecule is CN(C(N)=O)c1ccc(C(N)C(=O)O)cc1. The maximum atomic E-state index is 10.9. The van der Waals surface area contributed by atoms with Crippen LogP contribution in [0.15, 0.2) is 24.3 Å². The van der Waals surface area contributed by atoms with Gasteiger partial charge in [0.1, 0.15) is 6.04 Å². The van der Waals surface area contributed by atoms with E-state index >= 15 is 0 Å². The summed E-state index contributed by atoms with van der Waals surface area (Å²) in [5.74, 6) is -1.10. The van der Waals surface area contributed by atoms with Crippen LogP contribution in [0.5, 0.6) is 0 Å². The molecule has 0 aromatic heterocycles. The molecule has 16 heavy (non-hydrogen) atoms. The molecule has 1 aromatic rings. The number of nitrogens with zero attached hydrogens (tertiary/aromatic N) is 1. The maximum absolute atomic E-state index is 10.9. The number of urea groups is 1. The number of amides is 2. The number of benzene rings is 1. The Morgan fingerprint density at radius 1 is 1.31 bits per heavy atom. The second-order valence-electron chi connectivity index (χ2n) is 3.30. The summed E-state index contributed by atoms with van der Waals surface area (Å²) in [6.07, 6.45) is 0. The molecule has 0 aliphatic carbocycles. The van der Waals surface area contributed by atoms with Gasteiger partial charge in [0.25, 0.3) is 0 Å². The van der Waals surface area contributed by atoms with Gasteiger partial charge in [0.2, 0.25) is 0 Å². The van der Waals surface area contributed by atoms with E-state index < -0.39 is 18.0 Å². The Balaban J connectivity index is 2.91. The van der Waals surface area contributed by atoms with Crippen LogP contribution in [0.2, 0.25) is 0 Å². The lowest BCUT2D eigenvalue weighted by atomic mass is 10.1. The highest BCUT2D eigenvalue weighted by Crippen LogP contribution is 2.17. The van der Waals surface area contributed by atoms with Gasteiger partial charge in [0.05, 0.1) is 0 Å². The number of anilines is 1. The third-order valence-electron chi connectivity index (χ3n) is 2.24. The summed E-state index contributed by atoms with van der Waals surface area (Å²) in [7, 11) is 1.52. The number of carboxylic acids is 1. The lowest BCUT2D eigenvalue weighted by molar-refractivity contribution is -0.138. The molecule has 1 aromatic carbocycles. The van der Waals surface area contributed by atoms with Gasteiger partial charge < -0.3 is 16.6 Å². The maximum Gasteiger partial charge on any atom is 0.325 e. The minimum absolute atomic E-state index is 0.467. The Morgan fingerprint density at radius 3 is 2.19 bits per heavy atom. The highest BCUT2D eigenvalue weighted by atomic mass is 16.4. The van der Waals surface area contributed by atoms with Crippen molar-refractivity contribution in [1.29, 1.82) is 0 Å². The van der Waals surface area contributed by atoms with Crippen molar-refractivity contribution in [3.8, 4) is 0 Å². The topological polar surface area (TPSA) is 110 Å². The first-order chi connectivity index (χ1) is 7.43. The number of hydrogen-bond donors (Lipinski definition) is 3. The molecule has 0 bridgehead atoms. The average molecular weight is 223 g/mol. The fourth-order valence-corrected chi connectivity index (χ4v) is 1.18. The molecule has 86 valence electrons. The molecule has 2 amide bonds. The Bertz CT molecular complexity index is 363. The number of rotatable bonds is 3. The molecule has 0 aliphatic heterocycles. The van der Waals surface area contributed by atoms with Gasteiger partial charge in [0, 0.05) is 12.7 Å². The number of carbonyl (C=O) groups is 2. The summed E-state index contributed by atoms with van der Waals surface area (Å²) in [5, 5.41) is 8.69. The van der Waals surface area contributed by atoms with Gasteiger partial charge in [-0.3, -0.25) is 9.69 Å². The van der Waals surface area contributed by atoms with Gasteiger partial charge in [-0.25, -0.2) is 4.79 Å². The number of hydrogen-bond acceptors (Lipinski definition) is 3. The fraction of sp³-hybridized carbons (Fsp3) is 0.200. The molecule has 0 saturated heterocycles. The smallest absolute Gasteiger partial charge is 0.325 e. The zero-order valence-electron chi connectivity index (χ0n) is 8.75. The lowest BCUT2D eigenvalue weighted by Gasteiger charge is -2.15. The Labute approximate surface area is 92.4 Å². The second-order valence-corrected chi connectivity index (χ2v) is 3.30. The van der Waals surface area contributed by atoms with Crippen molar-refractivity contribution in [3.05, 3.63) is 29.8 Å². The second kappa shape index (κ2) is 4.63. The highest BCUT2D eigenvalue weighted by molar-refractivity contribution is 5.90. The monoisotopic (exact) mass is 223 g/mol. The summed E-state index contributed by atoms with van der Waals surface area (Å²) in [6.45, 7) is 0. The molecule has 0 heterocycles. The summed E-state index contributed by atoms with van der Waals surface area (Å²) in [6, 6.07) is 4.62. The van der Waals surface area contributed by atoms with Gasteiger partial charge in [0.15, 0.2) is 0 Å². The van der Waals surface area contributed by atoms with Crippen LogP contribution in [0, 0.1) is 0 Å². The molecule has 0 fully saturated rings. The molecular weight excluding hydrogens is 210 g/mol. The third-order valence-corrected chi connectivity index (χ3v) is 2.24. The number of nitrogens with two attached hydrogens (primary N) is 2. The Hall–Kier alpha value is -2.08. The van der Waals surface area contributed by atoms with E-state index in [1.165, 1.54) is 11.9 Å². The van der Waals surface area contributed by atoms with Crippen molar-refractivity contribution in [3.63, 3.8) is 0 Å². The van der Waals surface area contributed by atoms with Gasteiger partial charge in [-0.15, -0.1) is 0 Å². The van der Waals surface area contributed by atoms with E-state index in [-0.39, 0.29) is 0 Å².